The first-order chi connectivity index (χ1) is 36.6. The quantitative estimate of drug-likeness (QED) is 0.176. The van der Waals surface area contributed by atoms with E-state index < -0.39 is 0 Å². The summed E-state index contributed by atoms with van der Waals surface area (Å²) in [4.78, 5) is 0. The third-order valence-corrected chi connectivity index (χ3v) is 15.9. The first-order valence-corrected chi connectivity index (χ1v) is 25.5. The van der Waals surface area contributed by atoms with Gasteiger partial charge in [-0.05, 0) is 133 Å². The minimum Gasteiger partial charge on any atom is -0.454 e. The van der Waals surface area contributed by atoms with Gasteiger partial charge >= 0.3 is 0 Å². The van der Waals surface area contributed by atoms with E-state index in [2.05, 4.69) is 224 Å². The molecule has 354 valence electrons. The van der Waals surface area contributed by atoms with Gasteiger partial charge in [-0.25, -0.2) is 0 Å². The first-order valence-electron chi connectivity index (χ1n) is 25.5. The van der Waals surface area contributed by atoms with Gasteiger partial charge in [0.2, 0.25) is 0 Å². The van der Waals surface area contributed by atoms with E-state index in [-0.39, 0.29) is 11.1 Å². The Labute approximate surface area is 431 Å². The van der Waals surface area contributed by atoms with Crippen molar-refractivity contribution in [2.45, 2.75) is 41.5 Å². The van der Waals surface area contributed by atoms with Gasteiger partial charge in [0.05, 0.1) is 78.0 Å². The van der Waals surface area contributed by atoms with E-state index >= 15 is 0 Å². The van der Waals surface area contributed by atoms with Crippen molar-refractivity contribution in [3.8, 4) is 34.9 Å². The van der Waals surface area contributed by atoms with Gasteiger partial charge in [-0.2, -0.15) is 10.5 Å². The Morgan fingerprint density at radius 1 is 0.307 bits per heavy atom. The van der Waals surface area contributed by atoms with Crippen LogP contribution < -0.4 is 0 Å². The third-order valence-electron chi connectivity index (χ3n) is 15.9. The molecule has 0 amide bonds. The minimum absolute atomic E-state index is 0.248. The van der Waals surface area contributed by atoms with Gasteiger partial charge in [-0.15, -0.1) is 0 Å². The number of benzene rings is 10. The second-order valence-electron chi connectivity index (χ2n) is 20.8. The molecule has 5 aromatic heterocycles. The zero-order valence-corrected chi connectivity index (χ0v) is 42.3. The number of hydrogen-bond acceptors (Lipinski definition) is 3. The van der Waals surface area contributed by atoms with Crippen LogP contribution in [0.2, 0.25) is 0 Å². The lowest BCUT2D eigenvalue weighted by Gasteiger charge is -2.27. The van der Waals surface area contributed by atoms with Crippen LogP contribution in [0.3, 0.4) is 0 Å². The van der Waals surface area contributed by atoms with E-state index in [9.17, 15) is 10.5 Å². The SMILES string of the molecule is Cc1ccc2c(c1)c1cc(C)ccc1n2-c1c(C#N)c(C#N)c(-n2c3ccccc3c3ccc4c5ccccc5oc4c32)c(-n2c3ccc(C)cc3c3cc(C)ccc32)c1-n1c2ccc(C)cc2c2cc(C)ccc21. The van der Waals surface area contributed by atoms with E-state index in [1.165, 1.54) is 0 Å². The van der Waals surface area contributed by atoms with Crippen molar-refractivity contribution >= 4 is 109 Å². The maximum absolute atomic E-state index is 12.4. The van der Waals surface area contributed by atoms with Crippen molar-refractivity contribution in [3.05, 3.63) is 214 Å². The van der Waals surface area contributed by atoms with Crippen LogP contribution in [0.5, 0.6) is 0 Å². The molecule has 15 aromatic rings. The van der Waals surface area contributed by atoms with Crippen LogP contribution in [0.15, 0.2) is 174 Å². The normalized spacial score (nSPS) is 12.1. The number of aromatic nitrogens is 4. The summed E-state index contributed by atoms with van der Waals surface area (Å²) in [6.07, 6.45) is 0. The molecule has 0 saturated heterocycles. The molecule has 10 aromatic carbocycles. The lowest BCUT2D eigenvalue weighted by Crippen LogP contribution is -2.17. The zero-order chi connectivity index (χ0) is 50.7. The van der Waals surface area contributed by atoms with Crippen LogP contribution in [0.1, 0.15) is 44.5 Å². The number of rotatable bonds is 4. The van der Waals surface area contributed by atoms with Crippen LogP contribution in [0.4, 0.5) is 0 Å². The van der Waals surface area contributed by atoms with Gasteiger partial charge < -0.3 is 22.7 Å². The molecular formula is C68H46N6O. The molecule has 0 atom stereocenters. The molecule has 5 heterocycles. The van der Waals surface area contributed by atoms with Crippen molar-refractivity contribution in [1.29, 1.82) is 10.5 Å². The molecule has 0 spiro atoms. The van der Waals surface area contributed by atoms with Gasteiger partial charge in [0.15, 0.2) is 5.58 Å². The molecule has 0 fully saturated rings. The molecule has 7 nitrogen and oxygen atoms in total. The molecule has 0 aliphatic rings. The summed E-state index contributed by atoms with van der Waals surface area (Å²) in [6, 6.07) is 66.5. The fourth-order valence-electron chi connectivity index (χ4n) is 12.7. The third kappa shape index (κ3) is 5.78. The largest absolute Gasteiger partial charge is 0.454 e. The Morgan fingerprint density at radius 3 is 1.05 bits per heavy atom. The Hall–Kier alpha value is -9.82. The van der Waals surface area contributed by atoms with Crippen molar-refractivity contribution in [3.63, 3.8) is 0 Å². The summed E-state index contributed by atoms with van der Waals surface area (Å²) in [5.74, 6) is 0. The van der Waals surface area contributed by atoms with Gasteiger partial charge in [0, 0.05) is 53.9 Å². The topological polar surface area (TPSA) is 80.4 Å². The molecule has 0 saturated carbocycles. The van der Waals surface area contributed by atoms with Crippen LogP contribution in [-0.2, 0) is 0 Å². The smallest absolute Gasteiger partial charge is 0.160 e. The number of para-hydroxylation sites is 2. The van der Waals surface area contributed by atoms with E-state index in [0.717, 1.165) is 148 Å². The lowest BCUT2D eigenvalue weighted by atomic mass is 9.98. The van der Waals surface area contributed by atoms with Crippen LogP contribution >= 0.6 is 0 Å². The van der Waals surface area contributed by atoms with Crippen molar-refractivity contribution in [1.82, 2.24) is 18.3 Å². The Balaban J connectivity index is 1.31. The van der Waals surface area contributed by atoms with Gasteiger partial charge in [-0.1, -0.05) is 112 Å². The van der Waals surface area contributed by atoms with E-state index in [1.54, 1.807) is 0 Å². The highest BCUT2D eigenvalue weighted by Crippen LogP contribution is 2.51. The highest BCUT2D eigenvalue weighted by molar-refractivity contribution is 6.23. The predicted molar refractivity (Wildman–Crippen MR) is 309 cm³/mol. The van der Waals surface area contributed by atoms with Gasteiger partial charge in [0.25, 0.3) is 0 Å². The molecule has 0 unspecified atom stereocenters. The summed E-state index contributed by atoms with van der Waals surface area (Å²) >= 11 is 0. The average Bonchev–Trinajstić information content (AvgIpc) is 4.37. The summed E-state index contributed by atoms with van der Waals surface area (Å²) in [5, 5.41) is 35.2. The summed E-state index contributed by atoms with van der Waals surface area (Å²) in [5.41, 5.74) is 19.0. The number of aryl methyl sites for hydroxylation is 6. The molecule has 0 aliphatic heterocycles. The van der Waals surface area contributed by atoms with Crippen molar-refractivity contribution in [2.24, 2.45) is 0 Å². The standard InChI is InChI=1S/C68H46N6O/c1-37-15-23-56-47(29-37)48-30-38(2)16-24-57(48)71(56)63-53(35-69)54(36-70)64(74-55-13-9-7-11-43(55)45-21-22-46-44-12-8-10-14-62(44)75-68(46)65(45)74)67(73-60-27-19-41(5)33-51(60)52-34-42(6)20-28-61(52)73)66(63)72-58-25-17-39(3)31-49(58)50-32-40(4)18-26-59(50)72/h7-34H,1-6H3. The molecule has 75 heavy (non-hydrogen) atoms. The molecule has 0 N–H and O–H groups in total. The Bertz CT molecular complexity index is 4990. The molecule has 15 rings (SSSR count). The maximum Gasteiger partial charge on any atom is 0.160 e. The second kappa shape index (κ2) is 15.4. The van der Waals surface area contributed by atoms with Gasteiger partial charge in [0.1, 0.15) is 17.7 Å². The fraction of sp³-hybridized carbons (Fsp3) is 0.0882. The minimum atomic E-state index is 0.248. The van der Waals surface area contributed by atoms with E-state index in [4.69, 9.17) is 4.42 Å². The fourth-order valence-corrected chi connectivity index (χ4v) is 12.7. The molecule has 0 aliphatic carbocycles. The molecule has 0 radical (unpaired) electrons. The first kappa shape index (κ1) is 42.8. The van der Waals surface area contributed by atoms with E-state index in [0.29, 0.717) is 17.0 Å². The number of nitrogens with zero attached hydrogens (tertiary/aromatic N) is 6. The molecule has 7 heteroatoms. The van der Waals surface area contributed by atoms with Crippen LogP contribution in [-0.4, -0.2) is 18.3 Å². The Kier molecular flexibility index (Phi) is 8.77. The predicted octanol–water partition coefficient (Wildman–Crippen LogP) is 17.6. The van der Waals surface area contributed by atoms with Crippen LogP contribution in [0, 0.1) is 64.2 Å². The van der Waals surface area contributed by atoms with Crippen LogP contribution in [0.25, 0.3) is 132 Å². The average molecular weight is 963 g/mol. The highest BCUT2D eigenvalue weighted by Gasteiger charge is 2.35. The molecular weight excluding hydrogens is 917 g/mol. The van der Waals surface area contributed by atoms with E-state index in [1.807, 2.05) is 18.2 Å². The number of hydrogen-bond donors (Lipinski definition) is 0. The van der Waals surface area contributed by atoms with Crippen molar-refractivity contribution < 1.29 is 4.42 Å². The second-order valence-corrected chi connectivity index (χ2v) is 20.8. The van der Waals surface area contributed by atoms with Gasteiger partial charge in [-0.3, -0.25) is 0 Å². The maximum atomic E-state index is 12.4. The number of furan rings is 1. The lowest BCUT2D eigenvalue weighted by molar-refractivity contribution is 0.671. The van der Waals surface area contributed by atoms with Crippen molar-refractivity contribution in [2.75, 3.05) is 0 Å². The summed E-state index contributed by atoms with van der Waals surface area (Å²) in [6.45, 7) is 12.8. The number of fused-ring (bicyclic) bond motifs is 16. The monoisotopic (exact) mass is 962 g/mol. The Morgan fingerprint density at radius 2 is 0.640 bits per heavy atom. The summed E-state index contributed by atoms with van der Waals surface area (Å²) in [7, 11) is 0. The molecule has 0 bridgehead atoms. The zero-order valence-electron chi connectivity index (χ0n) is 42.3. The summed E-state index contributed by atoms with van der Waals surface area (Å²) < 4.78 is 16.3. The number of nitriles is 2. The highest BCUT2D eigenvalue weighted by atomic mass is 16.3.